The van der Waals surface area contributed by atoms with Crippen LogP contribution in [0.25, 0.3) is 11.1 Å². The molecule has 0 fully saturated rings. The van der Waals surface area contributed by atoms with Gasteiger partial charge in [-0.05, 0) is 42.8 Å². The molecule has 0 unspecified atom stereocenters. The van der Waals surface area contributed by atoms with E-state index in [1.54, 1.807) is 35.2 Å². The lowest BCUT2D eigenvalue weighted by atomic mass is 10.0. The Morgan fingerprint density at radius 3 is 2.42 bits per heavy atom. The molecule has 0 radical (unpaired) electrons. The van der Waals surface area contributed by atoms with Crippen molar-refractivity contribution in [1.82, 2.24) is 4.98 Å². The first-order valence-electron chi connectivity index (χ1n) is 10.3. The summed E-state index contributed by atoms with van der Waals surface area (Å²) in [4.78, 5) is 30.3. The molecule has 3 aromatic carbocycles. The highest BCUT2D eigenvalue weighted by Crippen LogP contribution is 2.27. The van der Waals surface area contributed by atoms with Gasteiger partial charge < -0.3 is 10.1 Å². The molecule has 0 bridgehead atoms. The van der Waals surface area contributed by atoms with Gasteiger partial charge in [-0.15, -0.1) is 23.1 Å². The van der Waals surface area contributed by atoms with Crippen LogP contribution < -0.4 is 5.32 Å². The summed E-state index contributed by atoms with van der Waals surface area (Å²) >= 11 is 3.29. The number of thiazole rings is 1. The highest BCUT2D eigenvalue weighted by molar-refractivity contribution is 7.98. The summed E-state index contributed by atoms with van der Waals surface area (Å²) in [5.41, 5.74) is 4.01. The van der Waals surface area contributed by atoms with Crippen molar-refractivity contribution < 1.29 is 14.3 Å². The lowest BCUT2D eigenvalue weighted by molar-refractivity contribution is -0.119. The van der Waals surface area contributed by atoms with Crippen molar-refractivity contribution in [2.45, 2.75) is 17.6 Å². The molecule has 4 rings (SSSR count). The van der Waals surface area contributed by atoms with Crippen LogP contribution in [-0.2, 0) is 15.3 Å². The molecular formula is C26H22N2O3S2. The van der Waals surface area contributed by atoms with E-state index in [2.05, 4.69) is 15.7 Å². The first-order valence-corrected chi connectivity index (χ1v) is 12.2. The summed E-state index contributed by atoms with van der Waals surface area (Å²) < 4.78 is 5.21. The zero-order valence-electron chi connectivity index (χ0n) is 18.0. The van der Waals surface area contributed by atoms with Gasteiger partial charge in [-0.3, -0.25) is 4.79 Å². The van der Waals surface area contributed by atoms with Crippen LogP contribution in [0.15, 0.2) is 89.1 Å². The molecule has 33 heavy (non-hydrogen) atoms. The van der Waals surface area contributed by atoms with Gasteiger partial charge in [-0.25, -0.2) is 9.78 Å². The van der Waals surface area contributed by atoms with Crippen molar-refractivity contribution in [1.29, 1.82) is 0 Å². The Bertz CT molecular complexity index is 1240. The van der Waals surface area contributed by atoms with E-state index in [0.717, 1.165) is 32.5 Å². The van der Waals surface area contributed by atoms with Crippen LogP contribution in [0.1, 0.15) is 21.1 Å². The number of carbonyl (C=O) groups is 2. The molecule has 7 heteroatoms. The number of nitrogens with one attached hydrogen (secondary N) is 1. The molecular weight excluding hydrogens is 452 g/mol. The lowest BCUT2D eigenvalue weighted by Crippen LogP contribution is -2.21. The van der Waals surface area contributed by atoms with E-state index < -0.39 is 11.9 Å². The van der Waals surface area contributed by atoms with E-state index in [-0.39, 0.29) is 6.61 Å². The van der Waals surface area contributed by atoms with Gasteiger partial charge in [0.2, 0.25) is 0 Å². The molecule has 0 saturated carbocycles. The minimum atomic E-state index is -0.534. The fraction of sp³-hybridized carbons (Fsp3) is 0.115. The molecule has 0 saturated heterocycles. The summed E-state index contributed by atoms with van der Waals surface area (Å²) in [6.45, 7) is 1.63. The molecule has 0 aliphatic rings. The van der Waals surface area contributed by atoms with Crippen molar-refractivity contribution in [3.05, 3.63) is 101 Å². The van der Waals surface area contributed by atoms with E-state index in [0.29, 0.717) is 11.3 Å². The maximum atomic E-state index is 12.4. The number of esters is 1. The number of aryl methyl sites for hydroxylation is 1. The van der Waals surface area contributed by atoms with Crippen molar-refractivity contribution in [2.24, 2.45) is 0 Å². The van der Waals surface area contributed by atoms with Gasteiger partial charge in [0.15, 0.2) is 6.61 Å². The molecule has 0 atom stereocenters. The molecule has 0 spiro atoms. The Morgan fingerprint density at radius 2 is 1.70 bits per heavy atom. The molecule has 166 valence electrons. The maximum absolute atomic E-state index is 12.4. The topological polar surface area (TPSA) is 68.3 Å². The largest absolute Gasteiger partial charge is 0.452 e. The number of thioether (sulfide) groups is 1. The Labute approximate surface area is 200 Å². The average molecular weight is 475 g/mol. The predicted molar refractivity (Wildman–Crippen MR) is 134 cm³/mol. The van der Waals surface area contributed by atoms with E-state index in [4.69, 9.17) is 4.74 Å². The number of nitrogens with zero attached hydrogens (tertiary/aromatic N) is 1. The fourth-order valence-corrected chi connectivity index (χ4v) is 4.69. The standard InChI is InChI=1S/C26H22N2O3S2/c1-18-27-21(16-32-18)17-33-22-13-11-20(12-14-22)26(30)31-15-25(29)28-24-10-6-5-9-23(24)19-7-3-2-4-8-19/h2-14,16H,15,17H2,1H3,(H,28,29). The second-order valence-corrected chi connectivity index (χ2v) is 9.32. The molecule has 0 aliphatic heterocycles. The van der Waals surface area contributed by atoms with Gasteiger partial charge >= 0.3 is 5.97 Å². The second kappa shape index (κ2) is 10.9. The highest BCUT2D eigenvalue weighted by Gasteiger charge is 2.12. The minimum absolute atomic E-state index is 0.359. The predicted octanol–water partition coefficient (Wildman–Crippen LogP) is 6.21. The van der Waals surface area contributed by atoms with Crippen molar-refractivity contribution in [2.75, 3.05) is 11.9 Å². The third kappa shape index (κ3) is 6.31. The maximum Gasteiger partial charge on any atom is 0.338 e. The lowest BCUT2D eigenvalue weighted by Gasteiger charge is -2.11. The minimum Gasteiger partial charge on any atom is -0.452 e. The SMILES string of the molecule is Cc1nc(CSc2ccc(C(=O)OCC(=O)Nc3ccccc3-c3ccccc3)cc2)cs1. The number of benzene rings is 3. The molecule has 0 aliphatic carbocycles. The highest BCUT2D eigenvalue weighted by atomic mass is 32.2. The van der Waals surface area contributed by atoms with Crippen LogP contribution in [-0.4, -0.2) is 23.5 Å². The van der Waals surface area contributed by atoms with E-state index in [1.165, 1.54) is 0 Å². The molecule has 1 heterocycles. The normalized spacial score (nSPS) is 10.6. The van der Waals surface area contributed by atoms with Crippen LogP contribution in [0, 0.1) is 6.92 Å². The summed E-state index contributed by atoms with van der Waals surface area (Å²) in [6, 6.07) is 24.5. The van der Waals surface area contributed by atoms with E-state index in [1.807, 2.05) is 73.7 Å². The molecule has 1 N–H and O–H groups in total. The quantitative estimate of drug-likeness (QED) is 0.243. The first-order chi connectivity index (χ1) is 16.1. The van der Waals surface area contributed by atoms with Crippen molar-refractivity contribution in [3.8, 4) is 11.1 Å². The zero-order chi connectivity index (χ0) is 23.0. The van der Waals surface area contributed by atoms with Crippen molar-refractivity contribution in [3.63, 3.8) is 0 Å². The fourth-order valence-electron chi connectivity index (χ4n) is 3.18. The van der Waals surface area contributed by atoms with E-state index in [9.17, 15) is 9.59 Å². The Balaban J connectivity index is 1.30. The Morgan fingerprint density at radius 1 is 0.970 bits per heavy atom. The number of amides is 1. The first kappa shape index (κ1) is 22.8. The van der Waals surface area contributed by atoms with Gasteiger partial charge in [0, 0.05) is 27.3 Å². The molecule has 1 aromatic heterocycles. The van der Waals surface area contributed by atoms with Crippen LogP contribution >= 0.6 is 23.1 Å². The summed E-state index contributed by atoms with van der Waals surface area (Å²) in [5, 5.41) is 5.94. The smallest absolute Gasteiger partial charge is 0.338 e. The molecule has 4 aromatic rings. The van der Waals surface area contributed by atoms with Gasteiger partial charge in [0.25, 0.3) is 5.91 Å². The van der Waals surface area contributed by atoms with E-state index >= 15 is 0 Å². The summed E-state index contributed by atoms with van der Waals surface area (Å²) in [5.74, 6) is -0.149. The zero-order valence-corrected chi connectivity index (χ0v) is 19.6. The molecule has 5 nitrogen and oxygen atoms in total. The monoisotopic (exact) mass is 474 g/mol. The Kier molecular flexibility index (Phi) is 7.55. The van der Waals surface area contributed by atoms with Crippen LogP contribution in [0.5, 0.6) is 0 Å². The van der Waals surface area contributed by atoms with Crippen LogP contribution in [0.2, 0.25) is 0 Å². The van der Waals surface area contributed by atoms with Crippen molar-refractivity contribution >= 4 is 40.7 Å². The third-order valence-corrected chi connectivity index (χ3v) is 6.63. The van der Waals surface area contributed by atoms with Crippen LogP contribution in [0.3, 0.4) is 0 Å². The van der Waals surface area contributed by atoms with Gasteiger partial charge in [-0.2, -0.15) is 0 Å². The second-order valence-electron chi connectivity index (χ2n) is 7.21. The van der Waals surface area contributed by atoms with Gasteiger partial charge in [0.05, 0.1) is 16.3 Å². The average Bonchev–Trinajstić information content (AvgIpc) is 3.27. The number of anilines is 1. The Hall–Kier alpha value is -3.42. The van der Waals surface area contributed by atoms with Crippen LogP contribution in [0.4, 0.5) is 5.69 Å². The number of para-hydroxylation sites is 1. The number of aromatic nitrogens is 1. The number of hydrogen-bond acceptors (Lipinski definition) is 6. The number of hydrogen-bond donors (Lipinski definition) is 1. The number of rotatable bonds is 8. The van der Waals surface area contributed by atoms with Gasteiger partial charge in [0.1, 0.15) is 0 Å². The molecule has 1 amide bonds. The summed E-state index contributed by atoms with van der Waals surface area (Å²) in [6.07, 6.45) is 0. The summed E-state index contributed by atoms with van der Waals surface area (Å²) in [7, 11) is 0. The number of ether oxygens (including phenoxy) is 1. The number of carbonyl (C=O) groups excluding carboxylic acids is 2. The third-order valence-electron chi connectivity index (χ3n) is 4.76. The van der Waals surface area contributed by atoms with Gasteiger partial charge in [-0.1, -0.05) is 48.5 Å².